The molecule has 0 aromatic carbocycles. The molecule has 1 saturated heterocycles. The van der Waals surface area contributed by atoms with E-state index in [9.17, 15) is 5.11 Å². The Balaban J connectivity index is 1.64. The van der Waals surface area contributed by atoms with Crippen molar-refractivity contribution in [3.05, 3.63) is 18.0 Å². The Morgan fingerprint density at radius 3 is 2.84 bits per heavy atom. The average molecular weight is 263 g/mol. The number of nitrogens with zero attached hydrogens (tertiary/aromatic N) is 3. The van der Waals surface area contributed by atoms with Crippen LogP contribution in [0.3, 0.4) is 0 Å². The van der Waals surface area contributed by atoms with Gasteiger partial charge >= 0.3 is 0 Å². The number of aromatic nitrogens is 2. The summed E-state index contributed by atoms with van der Waals surface area (Å²) in [6, 6.07) is 2.67. The Kier molecular flexibility index (Phi) is 3.63. The molecule has 1 aliphatic carbocycles. The van der Waals surface area contributed by atoms with Crippen LogP contribution in [0.2, 0.25) is 0 Å². The number of hydrogen-bond donors (Lipinski definition) is 1. The van der Waals surface area contributed by atoms with Gasteiger partial charge in [0.25, 0.3) is 0 Å². The van der Waals surface area contributed by atoms with Gasteiger partial charge in [-0.15, -0.1) is 0 Å². The van der Waals surface area contributed by atoms with E-state index in [2.05, 4.69) is 28.9 Å². The molecule has 1 aromatic heterocycles. The molecule has 19 heavy (non-hydrogen) atoms. The maximum Gasteiger partial charge on any atom is 0.0841 e. The summed E-state index contributed by atoms with van der Waals surface area (Å²) >= 11 is 0. The van der Waals surface area contributed by atoms with Gasteiger partial charge in [-0.2, -0.15) is 5.10 Å². The Labute approximate surface area is 115 Å². The van der Waals surface area contributed by atoms with Crippen molar-refractivity contribution < 1.29 is 5.11 Å². The van der Waals surface area contributed by atoms with Crippen LogP contribution in [0.15, 0.2) is 12.3 Å². The molecule has 1 aromatic rings. The summed E-state index contributed by atoms with van der Waals surface area (Å²) in [5.74, 6) is 0. The fourth-order valence-corrected chi connectivity index (χ4v) is 3.56. The van der Waals surface area contributed by atoms with Crippen molar-refractivity contribution in [1.82, 2.24) is 14.7 Å². The number of β-amino-alcohol motifs (C(OH)–C–C–N with tert-alkyl or cyclic N) is 1. The molecular weight excluding hydrogens is 238 g/mol. The maximum absolute atomic E-state index is 10.5. The number of aliphatic hydroxyl groups is 1. The van der Waals surface area contributed by atoms with Gasteiger partial charge < -0.3 is 10.0 Å². The molecule has 106 valence electrons. The molecule has 1 aliphatic heterocycles. The molecule has 0 radical (unpaired) electrons. The number of rotatable bonds is 3. The highest BCUT2D eigenvalue weighted by atomic mass is 16.3. The first-order valence-corrected chi connectivity index (χ1v) is 7.60. The monoisotopic (exact) mass is 263 g/mol. The van der Waals surface area contributed by atoms with E-state index in [1.807, 2.05) is 0 Å². The molecule has 2 fully saturated rings. The highest BCUT2D eigenvalue weighted by molar-refractivity contribution is 5.07. The van der Waals surface area contributed by atoms with Crippen LogP contribution >= 0.6 is 0 Å². The Bertz CT molecular complexity index is 425. The molecule has 4 heteroatoms. The molecule has 0 bridgehead atoms. The molecule has 1 unspecified atom stereocenters. The van der Waals surface area contributed by atoms with Gasteiger partial charge in [0.2, 0.25) is 0 Å². The summed E-state index contributed by atoms with van der Waals surface area (Å²) in [6.07, 6.45) is 10.2. The summed E-state index contributed by atoms with van der Waals surface area (Å²) in [4.78, 5) is 2.19. The quantitative estimate of drug-likeness (QED) is 0.907. The van der Waals surface area contributed by atoms with Gasteiger partial charge in [0.05, 0.1) is 17.3 Å². The van der Waals surface area contributed by atoms with Crippen LogP contribution in [0.5, 0.6) is 0 Å². The summed E-state index contributed by atoms with van der Waals surface area (Å²) in [5, 5.41) is 15.2. The lowest BCUT2D eigenvalue weighted by Gasteiger charge is -2.23. The minimum atomic E-state index is -0.569. The third-order valence-electron chi connectivity index (χ3n) is 4.65. The van der Waals surface area contributed by atoms with Gasteiger partial charge in [0, 0.05) is 25.7 Å². The van der Waals surface area contributed by atoms with Crippen LogP contribution < -0.4 is 0 Å². The van der Waals surface area contributed by atoms with Crippen molar-refractivity contribution in [2.24, 2.45) is 0 Å². The van der Waals surface area contributed by atoms with Gasteiger partial charge in [-0.3, -0.25) is 4.68 Å². The lowest BCUT2D eigenvalue weighted by atomic mass is 9.96. The molecule has 1 atom stereocenters. The van der Waals surface area contributed by atoms with E-state index < -0.39 is 5.60 Å². The van der Waals surface area contributed by atoms with Crippen molar-refractivity contribution >= 4 is 0 Å². The van der Waals surface area contributed by atoms with Crippen LogP contribution in [0, 0.1) is 0 Å². The Morgan fingerprint density at radius 1 is 1.37 bits per heavy atom. The Hall–Kier alpha value is -0.870. The number of likely N-dealkylation sites (N-methyl/N-ethyl adjacent to an activating group) is 1. The largest absolute Gasteiger partial charge is 0.388 e. The van der Waals surface area contributed by atoms with Gasteiger partial charge in [-0.1, -0.05) is 19.3 Å². The predicted molar refractivity (Wildman–Crippen MR) is 75.1 cm³/mol. The van der Waals surface area contributed by atoms with Crippen LogP contribution in [0.1, 0.15) is 50.3 Å². The Morgan fingerprint density at radius 2 is 2.16 bits per heavy atom. The van der Waals surface area contributed by atoms with Crippen LogP contribution in [-0.4, -0.2) is 45.5 Å². The minimum Gasteiger partial charge on any atom is -0.388 e. The standard InChI is InChI=1S/C15H25N3O/c1-17-10-8-15(19,12-17)11-13-7-9-18(16-13)14-5-3-2-4-6-14/h7,9,14,19H,2-6,8,10-12H2,1H3. The first-order chi connectivity index (χ1) is 9.15. The second kappa shape index (κ2) is 5.25. The fraction of sp³-hybridized carbons (Fsp3) is 0.800. The van der Waals surface area contributed by atoms with Gasteiger partial charge in [0.15, 0.2) is 0 Å². The van der Waals surface area contributed by atoms with Gasteiger partial charge in [0.1, 0.15) is 0 Å². The first kappa shape index (κ1) is 13.1. The highest BCUT2D eigenvalue weighted by Gasteiger charge is 2.35. The first-order valence-electron chi connectivity index (χ1n) is 7.60. The van der Waals surface area contributed by atoms with E-state index in [0.29, 0.717) is 12.5 Å². The topological polar surface area (TPSA) is 41.3 Å². The normalized spacial score (nSPS) is 30.0. The summed E-state index contributed by atoms with van der Waals surface area (Å²) in [7, 11) is 2.07. The summed E-state index contributed by atoms with van der Waals surface area (Å²) in [5.41, 5.74) is 0.476. The zero-order chi connectivity index (χ0) is 13.3. The summed E-state index contributed by atoms with van der Waals surface area (Å²) < 4.78 is 2.14. The van der Waals surface area contributed by atoms with E-state index >= 15 is 0 Å². The van der Waals surface area contributed by atoms with Crippen molar-refractivity contribution in [1.29, 1.82) is 0 Å². The molecular formula is C15H25N3O. The van der Waals surface area contributed by atoms with Gasteiger partial charge in [-0.25, -0.2) is 0 Å². The molecule has 1 saturated carbocycles. The van der Waals surface area contributed by atoms with Gasteiger partial charge in [-0.05, 0) is 32.4 Å². The van der Waals surface area contributed by atoms with E-state index in [1.165, 1.54) is 32.1 Å². The van der Waals surface area contributed by atoms with Crippen LogP contribution in [-0.2, 0) is 6.42 Å². The fourth-order valence-electron chi connectivity index (χ4n) is 3.56. The van der Waals surface area contributed by atoms with Crippen LogP contribution in [0.25, 0.3) is 0 Å². The maximum atomic E-state index is 10.5. The number of hydrogen-bond acceptors (Lipinski definition) is 3. The number of likely N-dealkylation sites (tertiary alicyclic amines) is 1. The third kappa shape index (κ3) is 3.00. The minimum absolute atomic E-state index is 0.569. The smallest absolute Gasteiger partial charge is 0.0841 e. The van der Waals surface area contributed by atoms with Crippen molar-refractivity contribution in [2.75, 3.05) is 20.1 Å². The third-order valence-corrected chi connectivity index (χ3v) is 4.65. The molecule has 2 aliphatic rings. The van der Waals surface area contributed by atoms with Crippen LogP contribution in [0.4, 0.5) is 0 Å². The van der Waals surface area contributed by atoms with E-state index in [-0.39, 0.29) is 0 Å². The SMILES string of the molecule is CN1CCC(O)(Cc2ccn(C3CCCCC3)n2)C1. The molecule has 0 amide bonds. The van der Waals surface area contributed by atoms with Crippen molar-refractivity contribution in [3.63, 3.8) is 0 Å². The van der Waals surface area contributed by atoms with E-state index in [0.717, 1.165) is 25.2 Å². The molecule has 3 rings (SSSR count). The molecule has 1 N–H and O–H groups in total. The average Bonchev–Trinajstić information content (AvgIpc) is 2.98. The molecule has 4 nitrogen and oxygen atoms in total. The second-order valence-corrected chi connectivity index (χ2v) is 6.47. The van der Waals surface area contributed by atoms with E-state index in [4.69, 9.17) is 5.10 Å². The summed E-state index contributed by atoms with van der Waals surface area (Å²) in [6.45, 7) is 1.75. The highest BCUT2D eigenvalue weighted by Crippen LogP contribution is 2.28. The predicted octanol–water partition coefficient (Wildman–Crippen LogP) is 2.00. The lowest BCUT2D eigenvalue weighted by molar-refractivity contribution is 0.0511. The van der Waals surface area contributed by atoms with Crippen molar-refractivity contribution in [2.45, 2.75) is 56.6 Å². The zero-order valence-electron chi connectivity index (χ0n) is 11.9. The molecule has 0 spiro atoms. The second-order valence-electron chi connectivity index (χ2n) is 6.47. The van der Waals surface area contributed by atoms with Crippen molar-refractivity contribution in [3.8, 4) is 0 Å². The molecule has 2 heterocycles. The van der Waals surface area contributed by atoms with E-state index in [1.54, 1.807) is 0 Å². The lowest BCUT2D eigenvalue weighted by Crippen LogP contribution is -2.34. The zero-order valence-corrected chi connectivity index (χ0v) is 11.9.